The van der Waals surface area contributed by atoms with E-state index in [0.717, 1.165) is 57.8 Å². The van der Waals surface area contributed by atoms with E-state index in [9.17, 15) is 14.7 Å². The van der Waals surface area contributed by atoms with Crippen molar-refractivity contribution in [3.63, 3.8) is 0 Å². The molecule has 1 aromatic heterocycles. The number of fused-ring (bicyclic) bond motifs is 5. The van der Waals surface area contributed by atoms with Gasteiger partial charge in [-0.2, -0.15) is 0 Å². The first-order chi connectivity index (χ1) is 19.9. The molecule has 1 aliphatic carbocycles. The van der Waals surface area contributed by atoms with Gasteiger partial charge in [0.25, 0.3) is 0 Å². The topological polar surface area (TPSA) is 78.2 Å². The summed E-state index contributed by atoms with van der Waals surface area (Å²) in [4.78, 5) is 30.8. The van der Waals surface area contributed by atoms with Crippen LogP contribution in [-0.4, -0.2) is 84.5 Å². The smallest absolute Gasteiger partial charge is 0.409 e. The Morgan fingerprint density at radius 2 is 1.73 bits per heavy atom. The zero-order chi connectivity index (χ0) is 28.5. The fourth-order valence-corrected chi connectivity index (χ4v) is 7.28. The van der Waals surface area contributed by atoms with E-state index in [4.69, 9.17) is 4.74 Å². The summed E-state index contributed by atoms with van der Waals surface area (Å²) in [6.07, 6.45) is 6.88. The average Bonchev–Trinajstić information content (AvgIpc) is 3.10. The van der Waals surface area contributed by atoms with E-state index in [1.807, 2.05) is 6.07 Å². The normalized spacial score (nSPS) is 18.5. The molecule has 0 bridgehead atoms. The molecule has 1 saturated carbocycles. The minimum atomic E-state index is -0.879. The molecule has 0 atom stereocenters. The van der Waals surface area contributed by atoms with E-state index in [2.05, 4.69) is 45.6 Å². The van der Waals surface area contributed by atoms with Crippen molar-refractivity contribution in [3.05, 3.63) is 53.1 Å². The third kappa shape index (κ3) is 5.42. The molecule has 0 radical (unpaired) electrons. The second-order valence-electron chi connectivity index (χ2n) is 11.9. The molecular weight excluding hydrogens is 516 g/mol. The van der Waals surface area contributed by atoms with Crippen molar-refractivity contribution in [1.82, 2.24) is 14.4 Å². The van der Waals surface area contributed by atoms with Crippen LogP contribution in [0, 0.1) is 6.92 Å². The van der Waals surface area contributed by atoms with Crippen molar-refractivity contribution < 1.29 is 19.4 Å². The molecule has 1 saturated heterocycles. The first-order valence-corrected chi connectivity index (χ1v) is 15.2. The largest absolute Gasteiger partial charge is 0.478 e. The molecule has 2 aliphatic heterocycles. The van der Waals surface area contributed by atoms with E-state index >= 15 is 0 Å². The second kappa shape index (κ2) is 11.8. The molecular formula is C33H42N4O4. The van der Waals surface area contributed by atoms with Crippen molar-refractivity contribution in [2.75, 3.05) is 57.8 Å². The highest BCUT2D eigenvalue weighted by Gasteiger charge is 2.31. The maximum atomic E-state index is 12.1. The maximum absolute atomic E-state index is 12.1. The van der Waals surface area contributed by atoms with Crippen molar-refractivity contribution >= 4 is 28.7 Å². The number of anilines is 1. The van der Waals surface area contributed by atoms with Gasteiger partial charge in [-0.15, -0.1) is 0 Å². The summed E-state index contributed by atoms with van der Waals surface area (Å²) in [7, 11) is 1.45. The van der Waals surface area contributed by atoms with Gasteiger partial charge in [-0.25, -0.2) is 9.59 Å². The molecule has 2 fully saturated rings. The number of nitrogens with zero attached hydrogens (tertiary/aromatic N) is 4. The number of hydrogen-bond acceptors (Lipinski definition) is 5. The van der Waals surface area contributed by atoms with E-state index in [1.165, 1.54) is 72.7 Å². The number of hydrogen-bond donors (Lipinski definition) is 1. The Morgan fingerprint density at radius 3 is 2.51 bits per heavy atom. The minimum Gasteiger partial charge on any atom is -0.478 e. The van der Waals surface area contributed by atoms with Gasteiger partial charge in [0.1, 0.15) is 0 Å². The molecule has 3 aliphatic rings. The van der Waals surface area contributed by atoms with Gasteiger partial charge in [0.2, 0.25) is 0 Å². The summed E-state index contributed by atoms with van der Waals surface area (Å²) in [5.74, 6) is -0.384. The van der Waals surface area contributed by atoms with E-state index in [-0.39, 0.29) is 6.09 Å². The van der Waals surface area contributed by atoms with Crippen molar-refractivity contribution in [2.45, 2.75) is 57.9 Å². The Bertz CT molecular complexity index is 1440. The van der Waals surface area contributed by atoms with Gasteiger partial charge in [-0.1, -0.05) is 37.5 Å². The summed E-state index contributed by atoms with van der Waals surface area (Å²) in [6, 6.07) is 12.6. The van der Waals surface area contributed by atoms with Crippen molar-refractivity contribution in [1.29, 1.82) is 0 Å². The summed E-state index contributed by atoms with van der Waals surface area (Å²) in [5, 5.41) is 11.0. The van der Waals surface area contributed by atoms with Crippen LogP contribution in [0.1, 0.15) is 65.9 Å². The summed E-state index contributed by atoms with van der Waals surface area (Å²) in [5.41, 5.74) is 7.87. The van der Waals surface area contributed by atoms with Crippen LogP contribution in [0.15, 0.2) is 36.4 Å². The lowest BCUT2D eigenvalue weighted by Crippen LogP contribution is -2.39. The Hall–Kier alpha value is -3.52. The highest BCUT2D eigenvalue weighted by atomic mass is 16.5. The average molecular weight is 559 g/mol. The number of rotatable bonds is 5. The Morgan fingerprint density at radius 1 is 0.902 bits per heavy atom. The summed E-state index contributed by atoms with van der Waals surface area (Å²) in [6.45, 7) is 8.90. The van der Waals surface area contributed by atoms with Gasteiger partial charge in [0.05, 0.1) is 18.4 Å². The molecule has 3 aromatic rings. The number of carboxylic acid groups (broad SMARTS) is 1. The zero-order valence-electron chi connectivity index (χ0n) is 24.4. The van der Waals surface area contributed by atoms with E-state index in [1.54, 1.807) is 11.0 Å². The van der Waals surface area contributed by atoms with Crippen molar-refractivity contribution in [3.8, 4) is 11.3 Å². The molecule has 218 valence electrons. The zero-order valence-corrected chi connectivity index (χ0v) is 24.4. The number of ether oxygens (including phenoxy) is 1. The molecule has 8 nitrogen and oxygen atoms in total. The number of aryl methyl sites for hydroxylation is 1. The predicted molar refractivity (Wildman–Crippen MR) is 162 cm³/mol. The first-order valence-electron chi connectivity index (χ1n) is 15.2. The molecule has 2 aromatic carbocycles. The monoisotopic (exact) mass is 558 g/mol. The first kappa shape index (κ1) is 27.6. The fraction of sp³-hybridized carbons (Fsp3) is 0.515. The molecule has 1 N–H and O–H groups in total. The Balaban J connectivity index is 1.36. The van der Waals surface area contributed by atoms with Gasteiger partial charge < -0.3 is 24.2 Å². The van der Waals surface area contributed by atoms with Crippen LogP contribution in [0.25, 0.3) is 22.2 Å². The summed E-state index contributed by atoms with van der Waals surface area (Å²) >= 11 is 0. The molecule has 41 heavy (non-hydrogen) atoms. The number of amides is 1. The van der Waals surface area contributed by atoms with Gasteiger partial charge in [0, 0.05) is 68.0 Å². The number of aromatic carboxylic acids is 1. The predicted octanol–water partition coefficient (Wildman–Crippen LogP) is 5.96. The minimum absolute atomic E-state index is 0.238. The Labute approximate surface area is 242 Å². The highest BCUT2D eigenvalue weighted by Crippen LogP contribution is 2.47. The molecule has 8 heteroatoms. The quantitative estimate of drug-likeness (QED) is 0.417. The maximum Gasteiger partial charge on any atom is 0.409 e. The highest BCUT2D eigenvalue weighted by molar-refractivity contribution is 5.99. The third-order valence-corrected chi connectivity index (χ3v) is 9.41. The van der Waals surface area contributed by atoms with Crippen LogP contribution < -0.4 is 4.90 Å². The lowest BCUT2D eigenvalue weighted by molar-refractivity contribution is 0.0697. The van der Waals surface area contributed by atoms with E-state index in [0.29, 0.717) is 18.0 Å². The molecule has 1 amide bonds. The van der Waals surface area contributed by atoms with Crippen LogP contribution in [0.5, 0.6) is 0 Å². The third-order valence-electron chi connectivity index (χ3n) is 9.41. The lowest BCUT2D eigenvalue weighted by atomic mass is 9.81. The molecule has 3 heterocycles. The standard InChI is InChI=1S/C33H42N4O4/c1-23-9-11-27-28(21-23)35(17-15-34-13-6-14-36(18-16-34)33(40)41-2)19-20-37-29-22-25(32(38)39)10-12-26(29)30(31(27)37)24-7-4-3-5-8-24/h9-12,21-22,24H,3-8,13-20H2,1-2H3,(H,38,39). The van der Waals surface area contributed by atoms with Crippen LogP contribution >= 0.6 is 0 Å². The number of carboxylic acids is 1. The molecule has 0 spiro atoms. The number of benzene rings is 2. The van der Waals surface area contributed by atoms with Crippen LogP contribution in [0.3, 0.4) is 0 Å². The number of carbonyl (C=O) groups is 2. The lowest BCUT2D eigenvalue weighted by Gasteiger charge is -2.29. The molecule has 6 rings (SSSR count). The van der Waals surface area contributed by atoms with Crippen LogP contribution in [-0.2, 0) is 11.3 Å². The molecule has 0 unspecified atom stereocenters. The number of aromatic nitrogens is 1. The second-order valence-corrected chi connectivity index (χ2v) is 11.9. The van der Waals surface area contributed by atoms with Gasteiger partial charge >= 0.3 is 12.1 Å². The Kier molecular flexibility index (Phi) is 7.93. The fourth-order valence-electron chi connectivity index (χ4n) is 7.28. The van der Waals surface area contributed by atoms with Gasteiger partial charge in [-0.3, -0.25) is 4.90 Å². The van der Waals surface area contributed by atoms with Crippen LogP contribution in [0.4, 0.5) is 10.5 Å². The SMILES string of the molecule is COC(=O)N1CCCN(CCN2CCn3c(c(C4CCCCC4)c4ccc(C(=O)O)cc43)-c3ccc(C)cc32)CC1. The van der Waals surface area contributed by atoms with Crippen molar-refractivity contribution in [2.24, 2.45) is 0 Å². The van der Waals surface area contributed by atoms with Crippen LogP contribution in [0.2, 0.25) is 0 Å². The van der Waals surface area contributed by atoms with Gasteiger partial charge in [0.15, 0.2) is 0 Å². The van der Waals surface area contributed by atoms with Gasteiger partial charge in [-0.05, 0) is 68.0 Å². The number of methoxy groups -OCH3 is 1. The number of carbonyl (C=O) groups excluding carboxylic acids is 1. The summed E-state index contributed by atoms with van der Waals surface area (Å²) < 4.78 is 7.37. The van der Waals surface area contributed by atoms with E-state index < -0.39 is 5.97 Å².